The molecule has 0 saturated carbocycles. The van der Waals surface area contributed by atoms with Crippen molar-refractivity contribution in [3.63, 3.8) is 0 Å². The van der Waals surface area contributed by atoms with E-state index in [0.29, 0.717) is 12.4 Å². The molecule has 0 heterocycles. The summed E-state index contributed by atoms with van der Waals surface area (Å²) in [6.07, 6.45) is 3.27. The van der Waals surface area contributed by atoms with Crippen molar-refractivity contribution in [1.82, 2.24) is 4.72 Å². The fraction of sp³-hybridized carbons (Fsp3) is 0.600. The van der Waals surface area contributed by atoms with Gasteiger partial charge >= 0.3 is 0 Å². The summed E-state index contributed by atoms with van der Waals surface area (Å²) in [5.41, 5.74) is 4.88. The first-order chi connectivity index (χ1) is 9.80. The molecule has 0 aliphatic rings. The molecule has 7 heteroatoms. The van der Waals surface area contributed by atoms with Gasteiger partial charge in [-0.3, -0.25) is 0 Å². The summed E-state index contributed by atoms with van der Waals surface area (Å²) >= 11 is 0. The molecule has 3 N–H and O–H groups in total. The lowest BCUT2D eigenvalue weighted by Crippen LogP contribution is -2.48. The number of hydrogen-bond acceptors (Lipinski definition) is 4. The molecule has 1 rings (SSSR count). The van der Waals surface area contributed by atoms with Crippen LogP contribution < -0.4 is 15.2 Å². The average molecular weight is 351 g/mol. The Kier molecular flexibility index (Phi) is 9.00. The van der Waals surface area contributed by atoms with Gasteiger partial charge < -0.3 is 10.5 Å². The van der Waals surface area contributed by atoms with Crippen LogP contribution in [-0.4, -0.2) is 27.1 Å². The molecule has 0 aliphatic heterocycles. The van der Waals surface area contributed by atoms with Gasteiger partial charge in [0.15, 0.2) is 0 Å². The number of sulfonamides is 1. The zero-order valence-corrected chi connectivity index (χ0v) is 15.1. The molecule has 5 nitrogen and oxygen atoms in total. The van der Waals surface area contributed by atoms with Gasteiger partial charge in [0.1, 0.15) is 5.75 Å². The second-order valence-corrected chi connectivity index (χ2v) is 7.40. The average Bonchev–Trinajstić information content (AvgIpc) is 2.43. The highest BCUT2D eigenvalue weighted by molar-refractivity contribution is 7.89. The van der Waals surface area contributed by atoms with Gasteiger partial charge in [-0.25, -0.2) is 13.1 Å². The molecule has 0 spiro atoms. The molecule has 0 radical (unpaired) electrons. The smallest absolute Gasteiger partial charge is 0.241 e. The molecule has 0 aromatic heterocycles. The highest BCUT2D eigenvalue weighted by Crippen LogP contribution is 2.18. The second-order valence-electron chi connectivity index (χ2n) is 5.72. The highest BCUT2D eigenvalue weighted by Gasteiger charge is 2.24. The largest absolute Gasteiger partial charge is 0.494 e. The van der Waals surface area contributed by atoms with Crippen molar-refractivity contribution in [2.24, 2.45) is 5.73 Å². The SMILES string of the molecule is CCCCCOc1ccc(S(=O)(=O)NC(C)(C)CN)cc1.Cl. The lowest BCUT2D eigenvalue weighted by molar-refractivity contribution is 0.306. The molecule has 0 amide bonds. The third kappa shape index (κ3) is 6.96. The van der Waals surface area contributed by atoms with Crippen LogP contribution in [0.5, 0.6) is 5.75 Å². The maximum absolute atomic E-state index is 12.2. The van der Waals surface area contributed by atoms with Gasteiger partial charge in [-0.05, 0) is 44.5 Å². The number of hydrogen-bond donors (Lipinski definition) is 2. The summed E-state index contributed by atoms with van der Waals surface area (Å²) in [4.78, 5) is 0.213. The minimum Gasteiger partial charge on any atom is -0.494 e. The molecule has 1 aromatic carbocycles. The van der Waals surface area contributed by atoms with Gasteiger partial charge in [-0.2, -0.15) is 0 Å². The maximum atomic E-state index is 12.2. The second kappa shape index (κ2) is 9.35. The molecule has 128 valence electrons. The van der Waals surface area contributed by atoms with Crippen LogP contribution in [0.2, 0.25) is 0 Å². The van der Waals surface area contributed by atoms with E-state index in [4.69, 9.17) is 10.5 Å². The van der Waals surface area contributed by atoms with Crippen molar-refractivity contribution in [2.75, 3.05) is 13.2 Å². The van der Waals surface area contributed by atoms with E-state index in [0.717, 1.165) is 19.3 Å². The first kappa shape index (κ1) is 21.2. The monoisotopic (exact) mass is 350 g/mol. The van der Waals surface area contributed by atoms with E-state index in [1.165, 1.54) is 0 Å². The minimum absolute atomic E-state index is 0. The van der Waals surface area contributed by atoms with E-state index in [2.05, 4.69) is 11.6 Å². The number of ether oxygens (including phenoxy) is 1. The Hall–Kier alpha value is -0.820. The quantitative estimate of drug-likeness (QED) is 0.671. The predicted octanol–water partition coefficient (Wildman–Crippen LogP) is 2.69. The third-order valence-corrected chi connectivity index (χ3v) is 4.79. The first-order valence-corrected chi connectivity index (χ1v) is 8.76. The van der Waals surface area contributed by atoms with Crippen molar-refractivity contribution in [3.05, 3.63) is 24.3 Å². The van der Waals surface area contributed by atoms with Crippen molar-refractivity contribution in [2.45, 2.75) is 50.5 Å². The van der Waals surface area contributed by atoms with Crippen LogP contribution in [0.4, 0.5) is 0 Å². The number of nitrogens with two attached hydrogens (primary N) is 1. The Labute approximate surface area is 140 Å². The summed E-state index contributed by atoms with van der Waals surface area (Å²) in [5.74, 6) is 0.683. The summed E-state index contributed by atoms with van der Waals surface area (Å²) in [6, 6.07) is 6.44. The summed E-state index contributed by atoms with van der Waals surface area (Å²) < 4.78 is 32.6. The molecule has 0 aliphatic carbocycles. The van der Waals surface area contributed by atoms with E-state index < -0.39 is 15.6 Å². The van der Waals surface area contributed by atoms with Crippen LogP contribution in [0, 0.1) is 0 Å². The summed E-state index contributed by atoms with van der Waals surface area (Å²) in [7, 11) is -3.56. The van der Waals surface area contributed by atoms with Crippen LogP contribution in [-0.2, 0) is 10.0 Å². The number of rotatable bonds is 9. The Morgan fingerprint density at radius 2 is 1.77 bits per heavy atom. The number of benzene rings is 1. The van der Waals surface area contributed by atoms with Crippen LogP contribution >= 0.6 is 12.4 Å². The van der Waals surface area contributed by atoms with E-state index in [1.54, 1.807) is 38.1 Å². The zero-order chi connectivity index (χ0) is 15.9. The van der Waals surface area contributed by atoms with Crippen LogP contribution in [0.1, 0.15) is 40.0 Å². The molecule has 22 heavy (non-hydrogen) atoms. The Morgan fingerprint density at radius 3 is 2.27 bits per heavy atom. The van der Waals surface area contributed by atoms with E-state index in [1.807, 2.05) is 0 Å². The van der Waals surface area contributed by atoms with E-state index in [-0.39, 0.29) is 23.8 Å². The fourth-order valence-corrected chi connectivity index (χ4v) is 3.14. The van der Waals surface area contributed by atoms with Gasteiger partial charge in [-0.1, -0.05) is 19.8 Å². The molecule has 0 bridgehead atoms. The van der Waals surface area contributed by atoms with Crippen molar-refractivity contribution >= 4 is 22.4 Å². The van der Waals surface area contributed by atoms with Gasteiger partial charge in [0, 0.05) is 12.1 Å². The van der Waals surface area contributed by atoms with Gasteiger partial charge in [0.05, 0.1) is 11.5 Å². The standard InChI is InChI=1S/C15H26N2O3S.ClH/c1-4-5-6-11-20-13-7-9-14(10-8-13)21(18,19)17-15(2,3)12-16;/h7-10,17H,4-6,11-12,16H2,1-3H3;1H. The van der Waals surface area contributed by atoms with E-state index >= 15 is 0 Å². The first-order valence-electron chi connectivity index (χ1n) is 7.27. The lowest BCUT2D eigenvalue weighted by atomic mass is 10.1. The summed E-state index contributed by atoms with van der Waals surface area (Å²) in [5, 5.41) is 0. The Morgan fingerprint density at radius 1 is 1.18 bits per heavy atom. The van der Waals surface area contributed by atoms with Gasteiger partial charge in [0.25, 0.3) is 0 Å². The lowest BCUT2D eigenvalue weighted by Gasteiger charge is -2.23. The molecule has 0 unspecified atom stereocenters. The predicted molar refractivity (Wildman–Crippen MR) is 92.2 cm³/mol. The normalized spacial score (nSPS) is 11.8. The van der Waals surface area contributed by atoms with Crippen LogP contribution in [0.3, 0.4) is 0 Å². The van der Waals surface area contributed by atoms with Gasteiger partial charge in [0.2, 0.25) is 10.0 Å². The fourth-order valence-electron chi connectivity index (χ4n) is 1.72. The van der Waals surface area contributed by atoms with Crippen molar-refractivity contribution in [1.29, 1.82) is 0 Å². The number of halogens is 1. The molecular formula is C15H27ClN2O3S. The topological polar surface area (TPSA) is 81.4 Å². The minimum atomic E-state index is -3.56. The Balaban J connectivity index is 0.00000441. The molecular weight excluding hydrogens is 324 g/mol. The van der Waals surface area contributed by atoms with Gasteiger partial charge in [-0.15, -0.1) is 12.4 Å². The van der Waals surface area contributed by atoms with E-state index in [9.17, 15) is 8.42 Å². The van der Waals surface area contributed by atoms with Crippen LogP contribution in [0.25, 0.3) is 0 Å². The van der Waals surface area contributed by atoms with Crippen LogP contribution in [0.15, 0.2) is 29.2 Å². The summed E-state index contributed by atoms with van der Waals surface area (Å²) in [6.45, 7) is 6.50. The molecule has 0 atom stereocenters. The van der Waals surface area contributed by atoms with Crippen molar-refractivity contribution in [3.8, 4) is 5.75 Å². The number of nitrogens with one attached hydrogen (secondary N) is 1. The Bertz CT molecular complexity index is 530. The highest BCUT2D eigenvalue weighted by atomic mass is 35.5. The molecule has 0 fully saturated rings. The number of unbranched alkanes of at least 4 members (excludes halogenated alkanes) is 2. The third-order valence-electron chi connectivity index (χ3n) is 3.07. The molecule has 0 saturated heterocycles. The maximum Gasteiger partial charge on any atom is 0.241 e. The van der Waals surface area contributed by atoms with Crippen molar-refractivity contribution < 1.29 is 13.2 Å². The molecule has 1 aromatic rings. The zero-order valence-electron chi connectivity index (χ0n) is 13.5.